The first-order valence-electron chi connectivity index (χ1n) is 43.8. The number of benzene rings is 4. The van der Waals surface area contributed by atoms with E-state index in [4.69, 9.17) is 130 Å². The van der Waals surface area contributed by atoms with Crippen molar-refractivity contribution in [1.29, 1.82) is 0 Å². The molecule has 4 aromatic carbocycles. The Kier molecular flexibility index (Phi) is 37.2. The van der Waals surface area contributed by atoms with Gasteiger partial charge in [0.1, 0.15) is 62.0 Å². The van der Waals surface area contributed by atoms with E-state index in [0.29, 0.717) is 122 Å². The van der Waals surface area contributed by atoms with E-state index in [-0.39, 0.29) is 164 Å². The Morgan fingerprint density at radius 3 is 1.21 bits per heavy atom. The molecule has 0 radical (unpaired) electrons. The van der Waals surface area contributed by atoms with E-state index < -0.39 is 146 Å². The minimum Gasteiger partial charge on any atom is -0.493 e. The normalized spacial score (nSPS) is 27.4. The number of carbonyl (C=O) groups is 7. The molecule has 6 saturated heterocycles. The van der Waals surface area contributed by atoms with Crippen LogP contribution in [-0.2, 0) is 99.8 Å². The highest BCUT2D eigenvalue weighted by Crippen LogP contribution is 2.60. The molecule has 4 aromatic rings. The number of ether oxygens (including phenoxy) is 26. The summed E-state index contributed by atoms with van der Waals surface area (Å²) >= 11 is 0. The quantitative estimate of drug-likeness (QED) is 0.0175. The molecule has 44 heteroatoms. The van der Waals surface area contributed by atoms with Crippen LogP contribution in [0.2, 0.25) is 0 Å². The number of nitrogens with two attached hydrogens (primary N) is 1. The number of nitrogens with zero attached hydrogens (tertiary/aromatic N) is 2. The maximum absolute atomic E-state index is 13.8. The molecule has 43 nitrogen and oxygen atoms in total. The third-order valence-electron chi connectivity index (χ3n) is 23.2. The fraction of sp³-hybridized carbons (Fsp3) is 0.644. The van der Waals surface area contributed by atoms with Gasteiger partial charge in [-0.3, -0.25) is 24.0 Å². The lowest BCUT2D eigenvalue weighted by molar-refractivity contribution is -0.364. The summed E-state index contributed by atoms with van der Waals surface area (Å²) < 4.78 is 155. The molecule has 0 spiro atoms. The van der Waals surface area contributed by atoms with Crippen molar-refractivity contribution in [3.8, 4) is 57.5 Å². The highest BCUT2D eigenvalue weighted by Gasteiger charge is 2.59. The topological polar surface area (TPSA) is 509 Å². The third-order valence-corrected chi connectivity index (χ3v) is 23.2. The number of hydrogen-bond acceptors (Lipinski definition) is 40. The molecule has 0 bridgehead atoms. The minimum atomic E-state index is -1.50. The molecule has 8 heterocycles. The molecular formula is C87H121N6O37P. The van der Waals surface area contributed by atoms with Crippen LogP contribution in [0.25, 0.3) is 0 Å². The van der Waals surface area contributed by atoms with Gasteiger partial charge in [-0.15, -0.1) is 9.24 Å². The van der Waals surface area contributed by atoms with Gasteiger partial charge in [0.15, 0.2) is 82.7 Å². The number of amides is 3. The molecule has 0 saturated carbocycles. The van der Waals surface area contributed by atoms with Crippen LogP contribution in [0.1, 0.15) is 79.6 Å². The number of cyclic esters (lactones) is 2. The van der Waals surface area contributed by atoms with E-state index in [1.807, 2.05) is 0 Å². The zero-order valence-corrected chi connectivity index (χ0v) is 75.7. The van der Waals surface area contributed by atoms with Crippen molar-refractivity contribution in [2.24, 2.45) is 29.4 Å². The molecule has 0 aromatic heterocycles. The molecule has 131 heavy (non-hydrogen) atoms. The van der Waals surface area contributed by atoms with Crippen molar-refractivity contribution in [1.82, 2.24) is 25.8 Å². The van der Waals surface area contributed by atoms with Gasteiger partial charge in [-0.05, 0) is 95.8 Å². The van der Waals surface area contributed by atoms with Crippen molar-refractivity contribution < 1.29 is 179 Å². The SMILES string of the molecule is COc1cc([C@@H]2c3cc4c(cc3[C@@H](OC3OC5COC(C)OC5C(O)C3O)[C@H]3COC(=O)[C@H]23)OCO4)cc(OC)c1OC(=O)N(C)CCNCC(=O)COCCOCCOCCN.COc1cc([C@H]2c3cc4c(cc3[C@H](OC3OC5COC(C)OC5C(O)C3O)[C@@H]3COC(=O)[C@@H]23)OCO4)cc(OC)c1OC(=O)N(C)CCNCC(=O)COCCOCCOCCNC(C)=O.[2H]CP. The van der Waals surface area contributed by atoms with Crippen LogP contribution in [0.15, 0.2) is 48.5 Å². The molecule has 9 N–H and O–H groups in total. The van der Waals surface area contributed by atoms with Crippen molar-refractivity contribution >= 4 is 50.8 Å². The van der Waals surface area contributed by atoms with Crippen molar-refractivity contribution in [3.63, 3.8) is 0 Å². The number of esters is 2. The van der Waals surface area contributed by atoms with Gasteiger partial charge in [0, 0.05) is 85.3 Å². The first-order chi connectivity index (χ1) is 63.8. The average molecular weight is 1870 g/mol. The molecule has 14 rings (SSSR count). The van der Waals surface area contributed by atoms with Gasteiger partial charge in [0.05, 0.1) is 158 Å². The number of nitrogens with one attached hydrogen (secondary N) is 3. The Bertz CT molecular complexity index is 4460. The Morgan fingerprint density at radius 2 is 0.847 bits per heavy atom. The second-order valence-corrected chi connectivity index (χ2v) is 31.8. The van der Waals surface area contributed by atoms with Crippen molar-refractivity contribution in [2.75, 3.05) is 221 Å². The van der Waals surface area contributed by atoms with Crippen molar-refractivity contribution in [3.05, 3.63) is 81.9 Å². The summed E-state index contributed by atoms with van der Waals surface area (Å²) in [7, 11) is 11.0. The van der Waals surface area contributed by atoms with Gasteiger partial charge in [0.2, 0.25) is 31.0 Å². The van der Waals surface area contributed by atoms with Crippen LogP contribution in [-0.4, -0.2) is 367 Å². The van der Waals surface area contributed by atoms with Crippen LogP contribution in [0.4, 0.5) is 9.59 Å². The molecule has 21 atom stereocenters. The summed E-state index contributed by atoms with van der Waals surface area (Å²) in [6.07, 6.45) is -15.9. The van der Waals surface area contributed by atoms with E-state index in [0.717, 1.165) is 0 Å². The summed E-state index contributed by atoms with van der Waals surface area (Å²) in [5.74, 6) is -3.30. The average Bonchev–Trinajstić information content (AvgIpc) is 1.51. The summed E-state index contributed by atoms with van der Waals surface area (Å²) in [4.78, 5) is 92.4. The summed E-state index contributed by atoms with van der Waals surface area (Å²) in [5, 5.41) is 53.3. The van der Waals surface area contributed by atoms with Gasteiger partial charge in [-0.25, -0.2) is 9.59 Å². The predicted molar refractivity (Wildman–Crippen MR) is 455 cm³/mol. The Balaban J connectivity index is 0.000000232. The monoisotopic (exact) mass is 1870 g/mol. The fourth-order valence-electron chi connectivity index (χ4n) is 16.8. The largest absolute Gasteiger partial charge is 0.493 e. The van der Waals surface area contributed by atoms with Gasteiger partial charge in [-0.2, -0.15) is 0 Å². The second kappa shape index (κ2) is 48.9. The number of hydrogen-bond donors (Lipinski definition) is 8. The number of rotatable bonds is 43. The fourth-order valence-corrected chi connectivity index (χ4v) is 16.8. The van der Waals surface area contributed by atoms with Gasteiger partial charge >= 0.3 is 24.1 Å². The number of Topliss-reactive ketones (excluding diaryl/α,β-unsaturated/α-hetero) is 2. The lowest BCUT2D eigenvalue weighted by atomic mass is 9.66. The molecular weight excluding hydrogens is 1750 g/mol. The molecule has 6 fully saturated rings. The highest BCUT2D eigenvalue weighted by molar-refractivity contribution is 7.15. The van der Waals surface area contributed by atoms with E-state index >= 15 is 0 Å². The third kappa shape index (κ3) is 25.0. The molecule has 8 aliphatic heterocycles. The number of ketones is 2. The standard InChI is InChI=1S/C44H59N3O19.C42H57N3O18.CH5P/c1-23(48)46-7-9-56-10-11-57-12-13-58-19-26(49)18-45-6-8-47(3)44(53)66-40-32(54-4)14-25(15-33(40)55-5)35-27-16-30-31(62-22-61-30)17-28(27)39(29-20-60-42(52)36(29)35)65-43-38(51)37(50)41-34(64-43)21-59-24(2)63-41;1-22-56-20-32-39(60-22)35(47)36(48)41(61-32)62-37-26-16-29-28(58-21-59-29)15-25(26)33(34-27(37)19-57-40(34)49)23-13-30(51-3)38(31(14-23)52-4)63-42(50)45(2)7-6-44-17-24(46)18-55-12-11-54-10-9-53-8-5-43;1-2/h14-17,24,29,34-39,41,43,45,50-51H,6-13,18-22H2,1-5H3,(H,46,48);13-16,22,27,32-37,39,41,44,47-48H,5-12,17-21,43H2,1-4H3;2H2,1H3/t24?,29-,34?,35+,36-,37?,38?,39+,41?,43?;22?,27-,32?,33+,34-,35?,36?,37+,39?,41?;/m10./s1/i;;1D. The first kappa shape index (κ1) is 99.6. The summed E-state index contributed by atoms with van der Waals surface area (Å²) in [6, 6.07) is 13.8. The maximum atomic E-state index is 13.8. The first-order valence-corrected chi connectivity index (χ1v) is 43.9. The number of carbonyl (C=O) groups excluding carboxylic acids is 7. The number of fused-ring (bicyclic) bond motifs is 8. The van der Waals surface area contributed by atoms with E-state index in [9.17, 15) is 54.0 Å². The Labute approximate surface area is 760 Å². The lowest BCUT2D eigenvalue weighted by Crippen LogP contribution is -2.63. The smallest absolute Gasteiger partial charge is 0.415 e. The summed E-state index contributed by atoms with van der Waals surface area (Å²) in [6.45, 7) is 10.6. The maximum Gasteiger partial charge on any atom is 0.415 e. The van der Waals surface area contributed by atoms with Crippen LogP contribution in [0.3, 0.4) is 0 Å². The second-order valence-electron chi connectivity index (χ2n) is 31.8. The van der Waals surface area contributed by atoms with Gasteiger partial charge in [0.25, 0.3) is 0 Å². The van der Waals surface area contributed by atoms with Gasteiger partial charge < -0.3 is 175 Å². The van der Waals surface area contributed by atoms with Gasteiger partial charge in [-0.1, -0.05) is 6.64 Å². The van der Waals surface area contributed by atoms with Crippen LogP contribution < -0.4 is 69.1 Å². The highest BCUT2D eigenvalue weighted by atomic mass is 31.0. The Morgan fingerprint density at radius 1 is 0.489 bits per heavy atom. The molecule has 10 aliphatic rings. The van der Waals surface area contributed by atoms with E-state index in [2.05, 4.69) is 25.2 Å². The van der Waals surface area contributed by atoms with Crippen LogP contribution in [0.5, 0.6) is 57.5 Å². The zero-order chi connectivity index (χ0) is 94.2. The number of likely N-dealkylation sites (N-methyl/N-ethyl adjacent to an activating group) is 2. The number of aliphatic hydroxyl groups is 4. The molecule has 2 aliphatic carbocycles. The van der Waals surface area contributed by atoms with Crippen LogP contribution in [0, 0.1) is 23.7 Å². The van der Waals surface area contributed by atoms with Crippen LogP contribution >= 0.6 is 9.24 Å². The molecule has 726 valence electrons. The lowest BCUT2D eigenvalue weighted by Gasteiger charge is -2.47. The predicted octanol–water partition coefficient (Wildman–Crippen LogP) is 1.13. The van der Waals surface area contributed by atoms with E-state index in [1.165, 1.54) is 52.2 Å². The number of methoxy groups -OCH3 is 4. The zero-order valence-electron chi connectivity index (χ0n) is 75.6. The number of aliphatic hydroxyl groups excluding tert-OH is 4. The Hall–Kier alpha value is -8.84. The molecule has 13 unspecified atom stereocenters. The molecule has 3 amide bonds. The van der Waals surface area contributed by atoms with Crippen molar-refractivity contribution in [2.45, 2.75) is 119 Å². The minimum absolute atomic E-state index is 0.00167. The summed E-state index contributed by atoms with van der Waals surface area (Å²) in [5.41, 5.74) is 8.98. The van der Waals surface area contributed by atoms with E-state index in [1.54, 1.807) is 69.4 Å².